The maximum absolute atomic E-state index is 11.1. The second-order valence-corrected chi connectivity index (χ2v) is 9.68. The summed E-state index contributed by atoms with van der Waals surface area (Å²) < 4.78 is 5.65. The number of benzene rings is 1. The summed E-state index contributed by atoms with van der Waals surface area (Å²) in [6.45, 7) is 5.36. The first kappa shape index (κ1) is 23.6. The highest BCUT2D eigenvalue weighted by Gasteiger charge is 2.28. The van der Waals surface area contributed by atoms with Crippen LogP contribution in [0.15, 0.2) is 18.2 Å². The van der Waals surface area contributed by atoms with Gasteiger partial charge in [-0.3, -0.25) is 9.69 Å². The third-order valence-corrected chi connectivity index (χ3v) is 7.27. The lowest BCUT2D eigenvalue weighted by Gasteiger charge is -2.38. The molecule has 3 rings (SSSR count). The summed E-state index contributed by atoms with van der Waals surface area (Å²) in [6.07, 6.45) is 7.55. The van der Waals surface area contributed by atoms with Gasteiger partial charge >= 0.3 is 0 Å². The molecule has 2 aliphatic rings. The first-order valence-corrected chi connectivity index (χ1v) is 11.9. The van der Waals surface area contributed by atoms with Crippen molar-refractivity contribution in [2.75, 3.05) is 44.7 Å². The van der Waals surface area contributed by atoms with E-state index in [0.29, 0.717) is 22.4 Å². The molecule has 7 heteroatoms. The molecule has 1 aromatic carbocycles. The minimum atomic E-state index is -0.232. The van der Waals surface area contributed by atoms with E-state index >= 15 is 0 Å². The van der Waals surface area contributed by atoms with Crippen LogP contribution >= 0.6 is 23.2 Å². The topological polar surface area (TPSA) is 58.8 Å². The van der Waals surface area contributed by atoms with Crippen LogP contribution in [0, 0.1) is 11.8 Å². The standard InChI is InChI=1S/C23H35Cl2N3O2/c1-30-22(6-7-23(26)29)18-4-2-17(3-5-18)8-9-27-10-12-28(13-11-27)21-15-19(24)14-20(25)16-21/h14-18,22H,2-13H2,1H3,(H2,26,29). The number of piperazine rings is 1. The minimum Gasteiger partial charge on any atom is -0.381 e. The van der Waals surface area contributed by atoms with Crippen LogP contribution in [0.2, 0.25) is 10.0 Å². The lowest BCUT2D eigenvalue weighted by atomic mass is 9.77. The third-order valence-electron chi connectivity index (χ3n) is 6.83. The Morgan fingerprint density at radius 3 is 2.30 bits per heavy atom. The van der Waals surface area contributed by atoms with Gasteiger partial charge in [0, 0.05) is 55.4 Å². The quantitative estimate of drug-likeness (QED) is 0.591. The van der Waals surface area contributed by atoms with Gasteiger partial charge in [-0.05, 0) is 62.3 Å². The molecule has 5 nitrogen and oxygen atoms in total. The van der Waals surface area contributed by atoms with Gasteiger partial charge < -0.3 is 15.4 Å². The Morgan fingerprint density at radius 1 is 1.10 bits per heavy atom. The SMILES string of the molecule is COC(CCC(N)=O)C1CCC(CCN2CCN(c3cc(Cl)cc(Cl)c3)CC2)CC1. The number of hydrogen-bond acceptors (Lipinski definition) is 4. The number of carbonyl (C=O) groups is 1. The highest BCUT2D eigenvalue weighted by molar-refractivity contribution is 6.35. The average molecular weight is 456 g/mol. The van der Waals surface area contributed by atoms with Gasteiger partial charge in [0.25, 0.3) is 0 Å². The summed E-state index contributed by atoms with van der Waals surface area (Å²) in [7, 11) is 1.76. The maximum atomic E-state index is 11.1. The van der Waals surface area contributed by atoms with E-state index in [1.807, 2.05) is 12.1 Å². The Labute approximate surface area is 190 Å². The van der Waals surface area contributed by atoms with E-state index in [4.69, 9.17) is 33.7 Å². The fraction of sp³-hybridized carbons (Fsp3) is 0.696. The Morgan fingerprint density at radius 2 is 1.73 bits per heavy atom. The predicted molar refractivity (Wildman–Crippen MR) is 124 cm³/mol. The molecular weight excluding hydrogens is 421 g/mol. The molecule has 2 fully saturated rings. The lowest BCUT2D eigenvalue weighted by molar-refractivity contribution is -0.119. The summed E-state index contributed by atoms with van der Waals surface area (Å²) in [5, 5.41) is 1.39. The fourth-order valence-corrected chi connectivity index (χ4v) is 5.51. The second kappa shape index (κ2) is 11.6. The zero-order valence-electron chi connectivity index (χ0n) is 18.0. The van der Waals surface area contributed by atoms with Gasteiger partial charge in [-0.15, -0.1) is 0 Å². The number of primary amides is 1. The fourth-order valence-electron chi connectivity index (χ4n) is 5.00. The number of amides is 1. The summed E-state index contributed by atoms with van der Waals surface area (Å²) >= 11 is 12.3. The number of ether oxygens (including phenoxy) is 1. The van der Waals surface area contributed by atoms with Crippen LogP contribution in [0.4, 0.5) is 5.69 Å². The summed E-state index contributed by atoms with van der Waals surface area (Å²) in [5.74, 6) is 1.14. The van der Waals surface area contributed by atoms with Crippen molar-refractivity contribution in [1.29, 1.82) is 0 Å². The van der Waals surface area contributed by atoms with Gasteiger partial charge in [-0.1, -0.05) is 36.0 Å². The number of halogens is 2. The number of nitrogens with zero attached hydrogens (tertiary/aromatic N) is 2. The Kier molecular flexibility index (Phi) is 9.12. The van der Waals surface area contributed by atoms with E-state index in [9.17, 15) is 4.79 Å². The van der Waals surface area contributed by atoms with Crippen molar-refractivity contribution in [2.24, 2.45) is 17.6 Å². The number of hydrogen-bond donors (Lipinski definition) is 1. The molecule has 1 saturated heterocycles. The van der Waals surface area contributed by atoms with E-state index in [0.717, 1.165) is 44.2 Å². The third kappa shape index (κ3) is 7.01. The molecule has 1 aromatic rings. The lowest BCUT2D eigenvalue weighted by Crippen LogP contribution is -2.47. The van der Waals surface area contributed by atoms with Crippen molar-refractivity contribution < 1.29 is 9.53 Å². The van der Waals surface area contributed by atoms with Crippen LogP contribution < -0.4 is 10.6 Å². The maximum Gasteiger partial charge on any atom is 0.217 e. The van der Waals surface area contributed by atoms with E-state index < -0.39 is 0 Å². The molecule has 0 aromatic heterocycles. The van der Waals surface area contributed by atoms with Crippen molar-refractivity contribution in [2.45, 2.75) is 51.0 Å². The van der Waals surface area contributed by atoms with Crippen LogP contribution in [0.3, 0.4) is 0 Å². The second-order valence-electron chi connectivity index (χ2n) is 8.80. The molecule has 1 unspecified atom stereocenters. The zero-order valence-corrected chi connectivity index (χ0v) is 19.5. The highest BCUT2D eigenvalue weighted by Crippen LogP contribution is 2.35. The van der Waals surface area contributed by atoms with Crippen molar-refractivity contribution >= 4 is 34.8 Å². The van der Waals surface area contributed by atoms with Gasteiger partial charge in [0.15, 0.2) is 0 Å². The van der Waals surface area contributed by atoms with Crippen LogP contribution in [-0.4, -0.2) is 56.7 Å². The number of anilines is 1. The molecule has 1 amide bonds. The molecule has 2 N–H and O–H groups in total. The van der Waals surface area contributed by atoms with Crippen molar-refractivity contribution in [3.63, 3.8) is 0 Å². The Bertz CT molecular complexity index is 667. The van der Waals surface area contributed by atoms with Crippen molar-refractivity contribution in [3.8, 4) is 0 Å². The molecular formula is C23H35Cl2N3O2. The molecule has 0 bridgehead atoms. The zero-order chi connectivity index (χ0) is 21.5. The highest BCUT2D eigenvalue weighted by atomic mass is 35.5. The first-order valence-electron chi connectivity index (χ1n) is 11.2. The Hall–Kier alpha value is -1.01. The summed E-state index contributed by atoms with van der Waals surface area (Å²) in [6, 6.07) is 5.78. The van der Waals surface area contributed by atoms with Crippen LogP contribution in [0.1, 0.15) is 44.9 Å². The van der Waals surface area contributed by atoms with E-state index in [2.05, 4.69) is 9.80 Å². The molecule has 1 atom stereocenters. The number of nitrogens with two attached hydrogens (primary N) is 1. The molecule has 0 spiro atoms. The number of carbonyl (C=O) groups excluding carboxylic acids is 1. The molecule has 1 heterocycles. The summed E-state index contributed by atoms with van der Waals surface area (Å²) in [5.41, 5.74) is 6.42. The normalized spacial score (nSPS) is 24.0. The molecule has 0 radical (unpaired) electrons. The van der Waals surface area contributed by atoms with Gasteiger partial charge in [-0.2, -0.15) is 0 Å². The minimum absolute atomic E-state index is 0.173. The average Bonchev–Trinajstić information content (AvgIpc) is 2.73. The smallest absolute Gasteiger partial charge is 0.217 e. The van der Waals surface area contributed by atoms with Gasteiger partial charge in [0.2, 0.25) is 5.91 Å². The van der Waals surface area contributed by atoms with E-state index in [1.54, 1.807) is 13.2 Å². The number of methoxy groups -OCH3 is 1. The van der Waals surface area contributed by atoms with Crippen LogP contribution in [-0.2, 0) is 9.53 Å². The largest absolute Gasteiger partial charge is 0.381 e. The molecule has 1 saturated carbocycles. The predicted octanol–water partition coefficient (Wildman–Crippen LogP) is 4.59. The van der Waals surface area contributed by atoms with Crippen molar-refractivity contribution in [1.82, 2.24) is 4.90 Å². The van der Waals surface area contributed by atoms with Gasteiger partial charge in [0.1, 0.15) is 0 Å². The van der Waals surface area contributed by atoms with Gasteiger partial charge in [-0.25, -0.2) is 0 Å². The van der Waals surface area contributed by atoms with Gasteiger partial charge in [0.05, 0.1) is 6.10 Å². The Balaban J connectivity index is 1.36. The van der Waals surface area contributed by atoms with E-state index in [1.165, 1.54) is 38.6 Å². The van der Waals surface area contributed by atoms with Crippen LogP contribution in [0.5, 0.6) is 0 Å². The van der Waals surface area contributed by atoms with E-state index in [-0.39, 0.29) is 12.0 Å². The first-order chi connectivity index (χ1) is 14.4. The molecule has 1 aliphatic heterocycles. The molecule has 168 valence electrons. The number of rotatable bonds is 9. The molecule has 30 heavy (non-hydrogen) atoms. The van der Waals surface area contributed by atoms with Crippen LogP contribution in [0.25, 0.3) is 0 Å². The summed E-state index contributed by atoms with van der Waals surface area (Å²) in [4.78, 5) is 16.0. The molecule has 1 aliphatic carbocycles. The van der Waals surface area contributed by atoms with Crippen molar-refractivity contribution in [3.05, 3.63) is 28.2 Å². The monoisotopic (exact) mass is 455 g/mol.